The molecule has 60 heavy (non-hydrogen) atoms. The van der Waals surface area contributed by atoms with Crippen LogP contribution < -0.4 is 16.0 Å². The molecule has 0 radical (unpaired) electrons. The first kappa shape index (κ1) is 56.6. The molecule has 0 aromatic rings. The van der Waals surface area contributed by atoms with E-state index in [1.807, 2.05) is 13.8 Å². The first-order chi connectivity index (χ1) is 28.3. The predicted molar refractivity (Wildman–Crippen MR) is 233 cm³/mol. The maximum absolute atomic E-state index is 13.3. The largest absolute Gasteiger partial charge is 0.379 e. The van der Waals surface area contributed by atoms with Crippen LogP contribution in [0.4, 0.5) is 0 Å². The van der Waals surface area contributed by atoms with Gasteiger partial charge in [-0.3, -0.25) is 33.6 Å². The van der Waals surface area contributed by atoms with Crippen LogP contribution in [0.5, 0.6) is 0 Å². The van der Waals surface area contributed by atoms with Gasteiger partial charge in [0.05, 0.1) is 45.1 Å². The van der Waals surface area contributed by atoms with Gasteiger partial charge in [-0.05, 0) is 95.2 Å². The van der Waals surface area contributed by atoms with Gasteiger partial charge >= 0.3 is 0 Å². The van der Waals surface area contributed by atoms with Crippen molar-refractivity contribution in [1.29, 1.82) is 0 Å². The van der Waals surface area contributed by atoms with Crippen LogP contribution in [0.25, 0.3) is 0 Å². The van der Waals surface area contributed by atoms with Crippen molar-refractivity contribution in [3.63, 3.8) is 0 Å². The number of ether oxygens (including phenoxy) is 4. The monoisotopic (exact) mass is 850 g/mol. The van der Waals surface area contributed by atoms with Crippen molar-refractivity contribution in [2.24, 2.45) is 23.7 Å². The number of rotatable bonds is 40. The van der Waals surface area contributed by atoms with Crippen LogP contribution >= 0.6 is 0 Å². The average Bonchev–Trinajstić information content (AvgIpc) is 3.17. The second kappa shape index (κ2) is 34.2. The predicted octanol–water partition coefficient (Wildman–Crippen LogP) is 5.49. The van der Waals surface area contributed by atoms with E-state index in [-0.39, 0.29) is 112 Å². The van der Waals surface area contributed by atoms with Crippen LogP contribution in [0, 0.1) is 23.7 Å². The van der Waals surface area contributed by atoms with Crippen molar-refractivity contribution < 1.29 is 52.5 Å². The third kappa shape index (κ3) is 30.6. The van der Waals surface area contributed by atoms with Gasteiger partial charge in [-0.25, -0.2) is 0 Å². The first-order valence-electron chi connectivity index (χ1n) is 21.9. The highest BCUT2D eigenvalue weighted by atomic mass is 16.5. The molecular weight excluding hydrogens is 771 g/mol. The fourth-order valence-electron chi connectivity index (χ4n) is 6.26. The number of ketones is 5. The van der Waals surface area contributed by atoms with Gasteiger partial charge in [0.15, 0.2) is 23.1 Å². The Morgan fingerprint density at radius 1 is 0.567 bits per heavy atom. The maximum atomic E-state index is 13.3. The Kier molecular flexibility index (Phi) is 32.2. The zero-order valence-electron chi connectivity index (χ0n) is 38.2. The van der Waals surface area contributed by atoms with E-state index in [4.69, 9.17) is 18.9 Å². The third-order valence-electron chi connectivity index (χ3n) is 9.71. The molecule has 14 heteroatoms. The Hall–Kier alpha value is -3.43. The summed E-state index contributed by atoms with van der Waals surface area (Å²) in [6.45, 7) is 24.4. The summed E-state index contributed by atoms with van der Waals surface area (Å²) < 4.78 is 21.8. The minimum atomic E-state index is -0.708. The van der Waals surface area contributed by atoms with E-state index in [0.717, 1.165) is 19.3 Å². The third-order valence-corrected chi connectivity index (χ3v) is 9.71. The Balaban J connectivity index is 4.58. The fraction of sp³-hybridized carbons (Fsp3) is 0.761. The smallest absolute Gasteiger partial charge is 0.246 e. The zero-order chi connectivity index (χ0) is 45.5. The highest BCUT2D eigenvalue weighted by Crippen LogP contribution is 2.19. The topological polar surface area (TPSA) is 192 Å². The number of carbonyl (C=O) groups is 7. The summed E-state index contributed by atoms with van der Waals surface area (Å²) in [5.41, 5.74) is 1.09. The van der Waals surface area contributed by atoms with Gasteiger partial charge in [-0.15, -0.1) is 0 Å². The van der Waals surface area contributed by atoms with Crippen molar-refractivity contribution >= 4 is 40.7 Å². The summed E-state index contributed by atoms with van der Waals surface area (Å²) in [6.07, 6.45) is 5.69. The van der Waals surface area contributed by atoms with Gasteiger partial charge in [-0.1, -0.05) is 47.3 Å². The molecule has 4 atom stereocenters. The van der Waals surface area contributed by atoms with E-state index in [9.17, 15) is 33.6 Å². The molecule has 344 valence electrons. The molecule has 0 aromatic heterocycles. The maximum Gasteiger partial charge on any atom is 0.246 e. The van der Waals surface area contributed by atoms with Crippen LogP contribution in [0.1, 0.15) is 126 Å². The van der Waals surface area contributed by atoms with Gasteiger partial charge in [0.2, 0.25) is 11.8 Å². The summed E-state index contributed by atoms with van der Waals surface area (Å²) in [5.74, 6) is -0.795. The van der Waals surface area contributed by atoms with Crippen molar-refractivity contribution in [2.75, 3.05) is 65.9 Å². The Morgan fingerprint density at radius 3 is 1.70 bits per heavy atom. The van der Waals surface area contributed by atoms with Crippen LogP contribution in [0.2, 0.25) is 0 Å². The molecule has 0 rings (SSSR count). The lowest BCUT2D eigenvalue weighted by molar-refractivity contribution is -0.131. The van der Waals surface area contributed by atoms with E-state index in [1.54, 1.807) is 27.7 Å². The summed E-state index contributed by atoms with van der Waals surface area (Å²) in [4.78, 5) is 87.2. The van der Waals surface area contributed by atoms with E-state index in [2.05, 4.69) is 43.0 Å². The second-order valence-electron chi connectivity index (χ2n) is 16.8. The average molecular weight is 850 g/mol. The highest BCUT2D eigenvalue weighted by Gasteiger charge is 2.27. The van der Waals surface area contributed by atoms with Crippen LogP contribution in [0.3, 0.4) is 0 Å². The molecule has 0 aromatic carbocycles. The van der Waals surface area contributed by atoms with E-state index < -0.39 is 23.9 Å². The van der Waals surface area contributed by atoms with Crippen LogP contribution in [0.15, 0.2) is 24.3 Å². The minimum absolute atomic E-state index is 0.00588. The lowest BCUT2D eigenvalue weighted by Crippen LogP contribution is -2.43. The standard InChI is InChI=1S/C46H79N3O11/c1-32(2)25-38(27-43(53)37(10)49-45(55)31-60-24-21-57-19-14-17-42(52)35(7)8)29-48-36(9)44(54)28-39(26-33(3)4)46(56)47-18-20-58-22-23-59-30-40(50)15-12-11-13-16-41(51)34(5)6/h32-33,36-39,48H,5,7,11-31H2,1-4,6,8-10H3,(H,47,56)(H,49,55). The van der Waals surface area contributed by atoms with Crippen molar-refractivity contribution in [2.45, 2.75) is 138 Å². The molecule has 0 saturated heterocycles. The lowest BCUT2D eigenvalue weighted by atomic mass is 9.89. The molecule has 0 heterocycles. The number of Topliss-reactive ketones (excluding diaryl/α,β-unsaturated/α-hetero) is 5. The minimum Gasteiger partial charge on any atom is -0.379 e. The van der Waals surface area contributed by atoms with Crippen LogP contribution in [-0.2, 0) is 52.5 Å². The number of allylic oxidation sites excluding steroid dienone is 2. The summed E-state index contributed by atoms with van der Waals surface area (Å²) in [7, 11) is 0. The van der Waals surface area contributed by atoms with Gasteiger partial charge in [-0.2, -0.15) is 0 Å². The molecule has 2 amide bonds. The van der Waals surface area contributed by atoms with Gasteiger partial charge in [0.25, 0.3) is 0 Å². The summed E-state index contributed by atoms with van der Waals surface area (Å²) in [6, 6.07) is -1.23. The molecule has 0 fully saturated rings. The molecule has 0 saturated carbocycles. The van der Waals surface area contributed by atoms with Gasteiger partial charge in [0.1, 0.15) is 19.0 Å². The molecular formula is C46H79N3O11. The van der Waals surface area contributed by atoms with Crippen molar-refractivity contribution in [3.05, 3.63) is 24.3 Å². The Labute approximate surface area is 360 Å². The molecule has 0 bridgehead atoms. The van der Waals surface area contributed by atoms with E-state index in [1.165, 1.54) is 0 Å². The molecule has 0 spiro atoms. The lowest BCUT2D eigenvalue weighted by Gasteiger charge is -2.24. The first-order valence-corrected chi connectivity index (χ1v) is 21.9. The Bertz CT molecular complexity index is 1350. The molecule has 0 aliphatic carbocycles. The summed E-state index contributed by atoms with van der Waals surface area (Å²) in [5, 5.41) is 8.89. The van der Waals surface area contributed by atoms with Gasteiger partial charge < -0.3 is 34.9 Å². The van der Waals surface area contributed by atoms with Crippen molar-refractivity contribution in [3.8, 4) is 0 Å². The SMILES string of the molecule is C=C(C)C(=O)CCCCCC(=O)COCCOCCNC(=O)C(CC(=O)C(C)NCC(CC(=O)C(C)NC(=O)COCCOCCCC(=O)C(=C)C)CC(C)C)CC(C)C. The number of carbonyl (C=O) groups excluding carboxylic acids is 7. The zero-order valence-corrected chi connectivity index (χ0v) is 38.2. The number of amides is 2. The number of nitrogens with one attached hydrogen (secondary N) is 3. The number of hydrogen-bond acceptors (Lipinski definition) is 12. The molecule has 3 N–H and O–H groups in total. The van der Waals surface area contributed by atoms with E-state index >= 15 is 0 Å². The van der Waals surface area contributed by atoms with Gasteiger partial charge in [0, 0.05) is 51.2 Å². The quantitative estimate of drug-likeness (QED) is 0.0520. The summed E-state index contributed by atoms with van der Waals surface area (Å²) >= 11 is 0. The normalized spacial score (nSPS) is 13.4. The Morgan fingerprint density at radius 2 is 1.10 bits per heavy atom. The highest BCUT2D eigenvalue weighted by molar-refractivity contribution is 5.94. The molecule has 0 aliphatic heterocycles. The second-order valence-corrected chi connectivity index (χ2v) is 16.8. The molecule has 0 aliphatic rings. The number of hydrogen-bond donors (Lipinski definition) is 3. The fourth-order valence-corrected chi connectivity index (χ4v) is 6.26. The van der Waals surface area contributed by atoms with Crippen molar-refractivity contribution in [1.82, 2.24) is 16.0 Å². The molecule has 14 nitrogen and oxygen atoms in total. The van der Waals surface area contributed by atoms with E-state index in [0.29, 0.717) is 68.7 Å². The van der Waals surface area contributed by atoms with Crippen LogP contribution in [-0.4, -0.2) is 119 Å². The number of unbranched alkanes of at least 4 members (excludes halogenated alkanes) is 2. The molecule has 4 unspecified atom stereocenters.